The van der Waals surface area contributed by atoms with Gasteiger partial charge in [0.15, 0.2) is 0 Å². The second-order valence-electron chi connectivity index (χ2n) is 9.08. The predicted molar refractivity (Wildman–Crippen MR) is 114 cm³/mol. The molecule has 29 heavy (non-hydrogen) atoms. The normalized spacial score (nSPS) is 34.8. The molecule has 7 rings (SSSR count). The van der Waals surface area contributed by atoms with Gasteiger partial charge in [0.25, 0.3) is 0 Å². The minimum Gasteiger partial charge on any atom is -0.242 e. The Hall–Kier alpha value is -2.94. The first kappa shape index (κ1) is 15.9. The van der Waals surface area contributed by atoms with Crippen molar-refractivity contribution in [3.8, 4) is 0 Å². The zero-order valence-electron chi connectivity index (χ0n) is 16.2. The van der Waals surface area contributed by atoms with E-state index >= 15 is 0 Å². The third-order valence-electron chi connectivity index (χ3n) is 8.11. The second-order valence-corrected chi connectivity index (χ2v) is 9.08. The summed E-state index contributed by atoms with van der Waals surface area (Å²) in [5, 5.41) is 11.7. The van der Waals surface area contributed by atoms with Gasteiger partial charge in [0.05, 0.1) is 17.8 Å². The molecule has 3 aromatic carbocycles. The Bertz CT molecular complexity index is 1040. The minimum absolute atomic E-state index is 0.151. The van der Waals surface area contributed by atoms with Crippen LogP contribution in [0.15, 0.2) is 101 Å². The van der Waals surface area contributed by atoms with Crippen LogP contribution in [0.5, 0.6) is 0 Å². The van der Waals surface area contributed by atoms with E-state index in [2.05, 4.69) is 101 Å². The lowest BCUT2D eigenvalue weighted by Crippen LogP contribution is -2.40. The lowest BCUT2D eigenvalue weighted by Gasteiger charge is -2.29. The molecule has 0 N–H and O–H groups in total. The Morgan fingerprint density at radius 3 is 1.86 bits per heavy atom. The number of rotatable bonds is 3. The van der Waals surface area contributed by atoms with Gasteiger partial charge in [-0.25, -0.2) is 5.01 Å². The molecule has 0 amide bonds. The first-order valence-electron chi connectivity index (χ1n) is 10.8. The third-order valence-corrected chi connectivity index (χ3v) is 8.11. The average Bonchev–Trinajstić information content (AvgIpc) is 3.09. The molecule has 0 unspecified atom stereocenters. The fourth-order valence-electron chi connectivity index (χ4n) is 7.29. The van der Waals surface area contributed by atoms with Crippen molar-refractivity contribution in [3.05, 3.63) is 102 Å². The van der Waals surface area contributed by atoms with Crippen molar-refractivity contribution >= 4 is 5.69 Å². The maximum absolute atomic E-state index is 4.82. The summed E-state index contributed by atoms with van der Waals surface area (Å²) in [6.07, 6.45) is 1.30. The van der Waals surface area contributed by atoms with E-state index in [1.165, 1.54) is 23.2 Å². The summed E-state index contributed by atoms with van der Waals surface area (Å²) in [5.74, 6) is 2.65. The first-order valence-corrected chi connectivity index (χ1v) is 10.8. The summed E-state index contributed by atoms with van der Waals surface area (Å²) in [4.78, 5) is 0. The summed E-state index contributed by atoms with van der Waals surface area (Å²) in [5.41, 5.74) is 4.30. The number of hydrogen-bond acceptors (Lipinski definition) is 3. The van der Waals surface area contributed by atoms with Crippen molar-refractivity contribution in [1.82, 2.24) is 0 Å². The van der Waals surface area contributed by atoms with Crippen LogP contribution < -0.4 is 5.01 Å². The molecule has 142 valence electrons. The molecule has 3 saturated carbocycles. The topological polar surface area (TPSA) is 28.0 Å². The largest absolute Gasteiger partial charge is 0.242 e. The molecule has 6 atom stereocenters. The van der Waals surface area contributed by atoms with Gasteiger partial charge in [-0.05, 0) is 53.4 Å². The molecule has 4 aliphatic rings. The Balaban J connectivity index is 1.34. The lowest BCUT2D eigenvalue weighted by molar-refractivity contribution is 0.366. The van der Waals surface area contributed by atoms with Crippen molar-refractivity contribution in [2.24, 2.45) is 34.0 Å². The van der Waals surface area contributed by atoms with E-state index in [0.717, 1.165) is 0 Å². The highest BCUT2D eigenvalue weighted by Gasteiger charge is 2.81. The van der Waals surface area contributed by atoms with Crippen molar-refractivity contribution in [3.63, 3.8) is 0 Å². The number of hydrogen-bond donors (Lipinski definition) is 0. The zero-order chi connectivity index (χ0) is 19.0. The molecule has 3 aromatic rings. The fraction of sp³-hybridized carbons (Fsp3) is 0.308. The van der Waals surface area contributed by atoms with Gasteiger partial charge in [0.2, 0.25) is 0 Å². The van der Waals surface area contributed by atoms with Gasteiger partial charge in [-0.2, -0.15) is 5.11 Å². The van der Waals surface area contributed by atoms with Crippen LogP contribution in [0.2, 0.25) is 0 Å². The molecule has 0 spiro atoms. The number of benzene rings is 3. The van der Waals surface area contributed by atoms with Gasteiger partial charge in [-0.1, -0.05) is 84.1 Å². The third kappa shape index (κ3) is 1.89. The van der Waals surface area contributed by atoms with Gasteiger partial charge in [-0.3, -0.25) is 0 Å². The molecule has 0 radical (unpaired) electrons. The highest BCUT2D eigenvalue weighted by atomic mass is 15.6. The van der Waals surface area contributed by atoms with Gasteiger partial charge in [0, 0.05) is 5.41 Å². The summed E-state index contributed by atoms with van der Waals surface area (Å²) in [6, 6.07) is 33.8. The maximum Gasteiger partial charge on any atom is 0.0988 e. The smallest absolute Gasteiger partial charge is 0.0988 e. The number of nitrogens with zero attached hydrogens (tertiary/aromatic N) is 3. The molecule has 3 aliphatic carbocycles. The van der Waals surface area contributed by atoms with Crippen LogP contribution in [0.4, 0.5) is 5.69 Å². The Labute approximate surface area is 171 Å². The van der Waals surface area contributed by atoms with Gasteiger partial charge in [-0.15, -0.1) is 0 Å². The van der Waals surface area contributed by atoms with E-state index in [1.54, 1.807) is 0 Å². The number of fused-ring (bicyclic) bond motifs is 8. The van der Waals surface area contributed by atoms with Crippen LogP contribution in [0.25, 0.3) is 0 Å². The van der Waals surface area contributed by atoms with Crippen molar-refractivity contribution in [2.45, 2.75) is 23.9 Å². The molecule has 3 heteroatoms. The summed E-state index contributed by atoms with van der Waals surface area (Å²) in [6.45, 7) is 0. The molecule has 1 heterocycles. The van der Waals surface area contributed by atoms with Crippen LogP contribution in [-0.2, 0) is 5.41 Å². The minimum atomic E-state index is 0.151. The van der Waals surface area contributed by atoms with E-state index in [1.807, 2.05) is 0 Å². The lowest BCUT2D eigenvalue weighted by atomic mass is 9.78. The molecule has 0 aromatic heterocycles. The maximum atomic E-state index is 4.82. The van der Waals surface area contributed by atoms with Gasteiger partial charge >= 0.3 is 0 Å². The molecule has 1 aliphatic heterocycles. The van der Waals surface area contributed by atoms with Gasteiger partial charge in [0.1, 0.15) is 0 Å². The van der Waals surface area contributed by atoms with E-state index in [4.69, 9.17) is 5.11 Å². The fourth-order valence-corrected chi connectivity index (χ4v) is 7.29. The van der Waals surface area contributed by atoms with Crippen molar-refractivity contribution in [2.75, 3.05) is 5.01 Å². The summed E-state index contributed by atoms with van der Waals surface area (Å²) >= 11 is 0. The zero-order valence-corrected chi connectivity index (χ0v) is 16.2. The van der Waals surface area contributed by atoms with E-state index < -0.39 is 0 Å². The van der Waals surface area contributed by atoms with E-state index in [9.17, 15) is 0 Å². The monoisotopic (exact) mass is 377 g/mol. The Morgan fingerprint density at radius 2 is 1.24 bits per heavy atom. The quantitative estimate of drug-likeness (QED) is 0.593. The van der Waals surface area contributed by atoms with E-state index in [0.29, 0.717) is 35.8 Å². The summed E-state index contributed by atoms with van der Waals surface area (Å²) in [7, 11) is 0. The van der Waals surface area contributed by atoms with Crippen LogP contribution in [0.1, 0.15) is 17.5 Å². The Kier molecular flexibility index (Phi) is 3.06. The highest BCUT2D eigenvalue weighted by molar-refractivity contribution is 5.56. The molecule has 3 fully saturated rings. The van der Waals surface area contributed by atoms with Crippen LogP contribution in [-0.4, -0.2) is 12.1 Å². The molecule has 2 bridgehead atoms. The van der Waals surface area contributed by atoms with Crippen molar-refractivity contribution in [1.29, 1.82) is 0 Å². The predicted octanol–water partition coefficient (Wildman–Crippen LogP) is 5.49. The van der Waals surface area contributed by atoms with Gasteiger partial charge < -0.3 is 0 Å². The van der Waals surface area contributed by atoms with Crippen molar-refractivity contribution < 1.29 is 0 Å². The van der Waals surface area contributed by atoms with Crippen LogP contribution >= 0.6 is 0 Å². The van der Waals surface area contributed by atoms with Crippen LogP contribution in [0, 0.1) is 23.7 Å². The Morgan fingerprint density at radius 1 is 0.690 bits per heavy atom. The SMILES string of the molecule is c1ccc(N2N=N[C@H]3[C@H]4C[C@@H]([C@H]32)[C@@H]2[C@H]4C2(c2ccccc2)c2ccccc2)cc1. The number of anilines is 1. The first-order chi connectivity index (χ1) is 14.4. The molecular formula is C26H23N3. The average molecular weight is 377 g/mol. The van der Waals surface area contributed by atoms with Crippen LogP contribution in [0.3, 0.4) is 0 Å². The highest BCUT2D eigenvalue weighted by Crippen LogP contribution is 2.79. The second kappa shape index (κ2) is 5.56. The molecule has 3 nitrogen and oxygen atoms in total. The van der Waals surface area contributed by atoms with E-state index in [-0.39, 0.29) is 5.41 Å². The summed E-state index contributed by atoms with van der Waals surface area (Å²) < 4.78 is 0. The number of para-hydroxylation sites is 1. The molecule has 0 saturated heterocycles. The standard InChI is InChI=1S/C26H23N3/c1-4-10-17(11-5-1)26(18-12-6-2-7-13-18)22-20-16-21(23(22)26)25-24(20)27-28-29(25)19-14-8-3-9-15-19/h1-15,20-25H,16H2/t20-,21+,22-,23+,24-,25+/m0/s1. The molecular weight excluding hydrogens is 354 g/mol.